The molecule has 20 atom stereocenters. The Morgan fingerprint density at radius 3 is 1.35 bits per heavy atom. The lowest BCUT2D eigenvalue weighted by Crippen LogP contribution is -2.71. The quantitative estimate of drug-likeness (QED) is 0.0823. The number of amides is 3. The van der Waals surface area contributed by atoms with Crippen LogP contribution in [0.1, 0.15) is 20.8 Å². The second kappa shape index (κ2) is 19.2. The second-order valence-corrected chi connectivity index (χ2v) is 13.3. The molecule has 24 nitrogen and oxygen atoms in total. The number of nitrogens with one attached hydrogen (secondary N) is 3. The highest BCUT2D eigenvalue weighted by molar-refractivity contribution is 5.74. The van der Waals surface area contributed by atoms with Gasteiger partial charge in [0, 0.05) is 20.8 Å². The number of aliphatic hydroxyl groups is 11. The van der Waals surface area contributed by atoms with E-state index in [2.05, 4.69) is 16.0 Å². The van der Waals surface area contributed by atoms with Crippen molar-refractivity contribution in [2.75, 3.05) is 26.4 Å². The van der Waals surface area contributed by atoms with Crippen molar-refractivity contribution in [2.45, 2.75) is 143 Å². The molecule has 0 spiro atoms. The Labute approximate surface area is 307 Å². The van der Waals surface area contributed by atoms with Crippen molar-refractivity contribution < 1.29 is 104 Å². The maximum Gasteiger partial charge on any atom is 0.217 e. The van der Waals surface area contributed by atoms with Crippen LogP contribution >= 0.6 is 0 Å². The summed E-state index contributed by atoms with van der Waals surface area (Å²) < 4.78 is 40.1. The van der Waals surface area contributed by atoms with E-state index in [0.29, 0.717) is 0 Å². The minimum atomic E-state index is -1.96. The highest BCUT2D eigenvalue weighted by Crippen LogP contribution is 2.34. The van der Waals surface area contributed by atoms with Crippen molar-refractivity contribution in [3.05, 3.63) is 0 Å². The van der Waals surface area contributed by atoms with E-state index in [4.69, 9.17) is 33.2 Å². The highest BCUT2D eigenvalue weighted by atomic mass is 16.8. The van der Waals surface area contributed by atoms with E-state index in [9.17, 15) is 70.6 Å². The van der Waals surface area contributed by atoms with Crippen LogP contribution in [-0.2, 0) is 47.5 Å². The number of hydrogen-bond acceptors (Lipinski definition) is 21. The maximum absolute atomic E-state index is 12.4. The van der Waals surface area contributed by atoms with E-state index in [0.717, 1.165) is 20.8 Å². The minimum Gasteiger partial charge on any atom is -0.394 e. The Morgan fingerprint density at radius 2 is 0.833 bits per heavy atom. The van der Waals surface area contributed by atoms with Gasteiger partial charge >= 0.3 is 0 Å². The number of carbonyl (C=O) groups is 3. The van der Waals surface area contributed by atoms with E-state index in [1.54, 1.807) is 0 Å². The first kappa shape index (κ1) is 44.4. The monoisotopic (exact) mass is 789 g/mol. The number of carbonyl (C=O) groups excluding carboxylic acids is 3. The van der Waals surface area contributed by atoms with Crippen LogP contribution < -0.4 is 16.0 Å². The molecule has 0 bridgehead atoms. The van der Waals surface area contributed by atoms with Gasteiger partial charge in [0.15, 0.2) is 25.2 Å². The Hall–Kier alpha value is -2.31. The lowest BCUT2D eigenvalue weighted by Gasteiger charge is -2.50. The van der Waals surface area contributed by atoms with Crippen molar-refractivity contribution in [1.82, 2.24) is 16.0 Å². The molecule has 0 aromatic carbocycles. The van der Waals surface area contributed by atoms with Crippen LogP contribution in [-0.4, -0.2) is 223 Å². The maximum atomic E-state index is 12.4. The molecular formula is C30H51N3O21. The summed E-state index contributed by atoms with van der Waals surface area (Å²) in [7, 11) is 0. The lowest BCUT2D eigenvalue weighted by molar-refractivity contribution is -0.366. The van der Waals surface area contributed by atoms with Crippen LogP contribution in [0, 0.1) is 0 Å². The molecular weight excluding hydrogens is 738 g/mol. The first-order chi connectivity index (χ1) is 25.5. The molecule has 54 heavy (non-hydrogen) atoms. The molecule has 4 aliphatic rings. The van der Waals surface area contributed by atoms with Gasteiger partial charge in [0.1, 0.15) is 97.5 Å². The average Bonchev–Trinajstić information content (AvgIpc) is 3.11. The molecule has 4 rings (SSSR count). The molecule has 4 heterocycles. The van der Waals surface area contributed by atoms with Crippen LogP contribution in [0.25, 0.3) is 0 Å². The van der Waals surface area contributed by atoms with Crippen LogP contribution in [0.3, 0.4) is 0 Å². The zero-order chi connectivity index (χ0) is 40.2. The van der Waals surface area contributed by atoms with Gasteiger partial charge in [0.25, 0.3) is 0 Å². The summed E-state index contributed by atoms with van der Waals surface area (Å²) in [6.07, 6.45) is -29.3. The molecule has 0 radical (unpaired) electrons. The van der Waals surface area contributed by atoms with Crippen LogP contribution in [0.5, 0.6) is 0 Å². The molecule has 3 amide bonds. The molecule has 0 aromatic heterocycles. The summed E-state index contributed by atoms with van der Waals surface area (Å²) in [5.41, 5.74) is 0. The van der Waals surface area contributed by atoms with Crippen molar-refractivity contribution in [3.63, 3.8) is 0 Å². The van der Waals surface area contributed by atoms with E-state index >= 15 is 0 Å². The summed E-state index contributed by atoms with van der Waals surface area (Å²) in [5, 5.41) is 122. The van der Waals surface area contributed by atoms with Gasteiger partial charge in [-0.05, 0) is 0 Å². The Morgan fingerprint density at radius 1 is 0.444 bits per heavy atom. The van der Waals surface area contributed by atoms with Gasteiger partial charge < -0.3 is 105 Å². The third-order valence-electron chi connectivity index (χ3n) is 9.41. The fourth-order valence-electron chi connectivity index (χ4n) is 6.76. The van der Waals surface area contributed by atoms with Crippen LogP contribution in [0.15, 0.2) is 0 Å². The van der Waals surface area contributed by atoms with E-state index in [-0.39, 0.29) is 0 Å². The fourth-order valence-corrected chi connectivity index (χ4v) is 6.76. The third kappa shape index (κ3) is 9.79. The highest BCUT2D eigenvalue weighted by Gasteiger charge is 2.56. The Bertz CT molecular complexity index is 1250. The number of hydrogen-bond donors (Lipinski definition) is 14. The zero-order valence-corrected chi connectivity index (χ0v) is 29.4. The SMILES string of the molecule is CC(=O)N[C@@H]1[C@@H](O)[C@@H](O[C@@H]2O[C@H](CO)[C@H](O[C@@H]3O[C@H](CO)[C@H](O)[C@H](O[C@@H]4O[C@H](CO)[C@H](O)[C@H](O)[C@H]4O)[C@H]3NC(C)=O)[C@H](O)[C@H]2NC(C)=O)[C@@H](CO)O[C@@H]1O. The number of rotatable bonds is 13. The molecule has 0 aliphatic carbocycles. The molecule has 4 fully saturated rings. The first-order valence-electron chi connectivity index (χ1n) is 17.1. The second-order valence-electron chi connectivity index (χ2n) is 13.3. The van der Waals surface area contributed by atoms with Gasteiger partial charge in [-0.2, -0.15) is 0 Å². The smallest absolute Gasteiger partial charge is 0.217 e. The van der Waals surface area contributed by atoms with Crippen molar-refractivity contribution >= 4 is 17.7 Å². The molecule has 24 heteroatoms. The molecule has 312 valence electrons. The van der Waals surface area contributed by atoms with Crippen LogP contribution in [0.2, 0.25) is 0 Å². The molecule has 4 aliphatic heterocycles. The van der Waals surface area contributed by atoms with Gasteiger partial charge in [0.2, 0.25) is 17.7 Å². The summed E-state index contributed by atoms with van der Waals surface area (Å²) >= 11 is 0. The third-order valence-corrected chi connectivity index (χ3v) is 9.41. The largest absolute Gasteiger partial charge is 0.394 e. The Balaban J connectivity index is 1.63. The number of aliphatic hydroxyl groups excluding tert-OH is 11. The average molecular weight is 790 g/mol. The summed E-state index contributed by atoms with van der Waals surface area (Å²) in [6.45, 7) is -0.235. The summed E-state index contributed by atoms with van der Waals surface area (Å²) in [4.78, 5) is 36.5. The van der Waals surface area contributed by atoms with E-state index in [1.807, 2.05) is 0 Å². The molecule has 0 saturated carbocycles. The summed E-state index contributed by atoms with van der Waals surface area (Å²) in [5.74, 6) is -2.17. The van der Waals surface area contributed by atoms with Gasteiger partial charge in [-0.3, -0.25) is 14.4 Å². The predicted octanol–water partition coefficient (Wildman–Crippen LogP) is -9.32. The molecule has 0 unspecified atom stereocenters. The zero-order valence-electron chi connectivity index (χ0n) is 29.4. The topological polar surface area (TPSA) is 374 Å². The molecule has 4 saturated heterocycles. The van der Waals surface area contributed by atoms with Gasteiger partial charge in [-0.15, -0.1) is 0 Å². The van der Waals surface area contributed by atoms with E-state index in [1.165, 1.54) is 0 Å². The predicted molar refractivity (Wildman–Crippen MR) is 169 cm³/mol. The van der Waals surface area contributed by atoms with Gasteiger partial charge in [-0.1, -0.05) is 0 Å². The normalized spacial score (nSPS) is 45.7. The lowest BCUT2D eigenvalue weighted by atomic mass is 9.93. The van der Waals surface area contributed by atoms with Gasteiger partial charge in [-0.25, -0.2) is 0 Å². The fraction of sp³-hybridized carbons (Fsp3) is 0.900. The van der Waals surface area contributed by atoms with E-state index < -0.39 is 167 Å². The summed E-state index contributed by atoms with van der Waals surface area (Å²) in [6, 6.07) is -4.66. The first-order valence-corrected chi connectivity index (χ1v) is 17.1. The van der Waals surface area contributed by atoms with Crippen molar-refractivity contribution in [3.8, 4) is 0 Å². The Kier molecular flexibility index (Phi) is 15.8. The molecule has 14 N–H and O–H groups in total. The van der Waals surface area contributed by atoms with Crippen molar-refractivity contribution in [1.29, 1.82) is 0 Å². The van der Waals surface area contributed by atoms with Crippen LogP contribution in [0.4, 0.5) is 0 Å². The van der Waals surface area contributed by atoms with Crippen molar-refractivity contribution in [2.24, 2.45) is 0 Å². The molecule has 0 aromatic rings. The minimum absolute atomic E-state index is 0.664. The standard InChI is InChI=1S/C30H51N3O21/c1-8(38)31-15-20(43)24(13(6-36)48-27(15)47)52-28-16(32-9(2)39)21(44)25(14(7-37)51-28)53-29-17(33-10(3)40)26(19(42)12(5-35)49-29)54-30-23(46)22(45)18(41)11(4-34)50-30/h11-30,34-37,41-47H,4-7H2,1-3H3,(H,31,38)(H,32,39)(H,33,40)/t11-,12-,13-,14-,15-,16-,17-,18+,19+,20-,21-,22+,23-,24+,25+,26-,27+,28+,29+,30+/m1/s1. The van der Waals surface area contributed by atoms with Gasteiger partial charge in [0.05, 0.1) is 26.4 Å². The number of ether oxygens (including phenoxy) is 7.